The molecule has 0 amide bonds. The highest BCUT2D eigenvalue weighted by atomic mass is 16.5. The number of rotatable bonds is 16. The van der Waals surface area contributed by atoms with Crippen LogP contribution in [0.1, 0.15) is 66.1 Å². The van der Waals surface area contributed by atoms with E-state index in [1.54, 1.807) is 24.3 Å². The summed E-state index contributed by atoms with van der Waals surface area (Å²) in [7, 11) is 0. The number of ether oxygens (including phenoxy) is 3. The number of benzene rings is 5. The maximum atomic E-state index is 12.8. The second-order valence-corrected chi connectivity index (χ2v) is 13.6. The first-order chi connectivity index (χ1) is 25.3. The van der Waals surface area contributed by atoms with Gasteiger partial charge in [0.1, 0.15) is 11.5 Å². The molecule has 0 aromatic heterocycles. The average molecular weight is 696 g/mol. The van der Waals surface area contributed by atoms with Crippen molar-refractivity contribution < 1.29 is 23.8 Å². The molecule has 0 saturated heterocycles. The predicted molar refractivity (Wildman–Crippen MR) is 206 cm³/mol. The van der Waals surface area contributed by atoms with E-state index in [1.165, 1.54) is 28.2 Å². The molecule has 1 aliphatic rings. The summed E-state index contributed by atoms with van der Waals surface area (Å²) in [6.45, 7) is 8.70. The molecule has 1 atom stereocenters. The van der Waals surface area contributed by atoms with Crippen molar-refractivity contribution in [3.63, 3.8) is 0 Å². The predicted octanol–water partition coefficient (Wildman–Crippen LogP) is 10.8. The molecule has 1 N–H and O–H groups in total. The van der Waals surface area contributed by atoms with E-state index in [1.807, 2.05) is 48.5 Å². The van der Waals surface area contributed by atoms with Gasteiger partial charge in [-0.15, -0.1) is 5.11 Å². The topological polar surface area (TPSA) is 98.6 Å². The van der Waals surface area contributed by atoms with Gasteiger partial charge >= 0.3 is 11.9 Å². The van der Waals surface area contributed by atoms with Crippen LogP contribution in [0.15, 0.2) is 126 Å². The number of unbranched alkanes of at least 4 members (excludes halogenated alkanes) is 3. The minimum atomic E-state index is -0.414. The average Bonchev–Trinajstić information content (AvgIpc) is 3.16. The molecule has 1 unspecified atom stereocenters. The Morgan fingerprint density at radius 2 is 1.56 bits per heavy atom. The summed E-state index contributed by atoms with van der Waals surface area (Å²) in [4.78, 5) is 23.9. The molecule has 0 fully saturated rings. The van der Waals surface area contributed by atoms with E-state index in [2.05, 4.69) is 66.3 Å². The highest BCUT2D eigenvalue weighted by Crippen LogP contribution is 2.41. The van der Waals surface area contributed by atoms with Gasteiger partial charge in [-0.2, -0.15) is 5.11 Å². The highest BCUT2D eigenvalue weighted by molar-refractivity contribution is 6.03. The van der Waals surface area contributed by atoms with Gasteiger partial charge in [0.25, 0.3) is 0 Å². The second-order valence-electron chi connectivity index (χ2n) is 13.6. The summed E-state index contributed by atoms with van der Waals surface area (Å²) in [6.07, 6.45) is 7.50. The number of esters is 2. The van der Waals surface area contributed by atoms with Crippen molar-refractivity contribution in [2.24, 2.45) is 10.2 Å². The van der Waals surface area contributed by atoms with E-state index in [4.69, 9.17) is 14.2 Å². The van der Waals surface area contributed by atoms with Crippen LogP contribution in [0.5, 0.6) is 11.5 Å². The number of hydrogen-bond donors (Lipinski definition) is 1. The van der Waals surface area contributed by atoms with Crippen molar-refractivity contribution in [3.8, 4) is 11.5 Å². The molecule has 0 saturated carbocycles. The number of nitrogens with one attached hydrogen (secondary N) is 1. The Hall–Kier alpha value is -5.76. The van der Waals surface area contributed by atoms with E-state index in [0.717, 1.165) is 67.4 Å². The first kappa shape index (κ1) is 36.0. The number of hydrogen-bond acceptors (Lipinski definition) is 8. The van der Waals surface area contributed by atoms with Gasteiger partial charge in [0, 0.05) is 28.1 Å². The van der Waals surface area contributed by atoms with Crippen molar-refractivity contribution in [1.82, 2.24) is 0 Å². The van der Waals surface area contributed by atoms with Crippen LogP contribution in [0.25, 0.3) is 10.8 Å². The van der Waals surface area contributed by atoms with Gasteiger partial charge in [-0.25, -0.2) is 9.59 Å². The Labute approximate surface area is 305 Å². The standard InChI is InChI=1S/C44H45N3O5/c1-4-41(48)51-29-8-6-5-7-28-50-36-23-16-33(17-24-36)43(49)52-37-21-14-32(15-22-37)26-27-44(3)30-34-18-25-39(38-10-9-11-40(45-44)42(34)38)47-46-35-19-12-31(2)13-20-35/h4,9-25,45H,1,5-8,26-30H2,2-3H3. The Bertz CT molecular complexity index is 2020. The van der Waals surface area contributed by atoms with E-state index in [0.29, 0.717) is 30.3 Å². The fraction of sp³-hybridized carbons (Fsp3) is 0.273. The minimum absolute atomic E-state index is 0.128. The van der Waals surface area contributed by atoms with E-state index in [-0.39, 0.29) is 11.5 Å². The quantitative estimate of drug-likeness (QED) is 0.0363. The number of anilines is 1. The molecule has 6 rings (SSSR count). The van der Waals surface area contributed by atoms with Crippen LogP contribution in [0, 0.1) is 6.92 Å². The van der Waals surface area contributed by atoms with Crippen molar-refractivity contribution in [2.75, 3.05) is 18.5 Å². The molecular formula is C44H45N3O5. The fourth-order valence-electron chi connectivity index (χ4n) is 6.44. The molecule has 0 radical (unpaired) electrons. The summed E-state index contributed by atoms with van der Waals surface area (Å²) in [5.74, 6) is 0.406. The summed E-state index contributed by atoms with van der Waals surface area (Å²) in [6, 6.07) is 33.4. The lowest BCUT2D eigenvalue weighted by atomic mass is 9.81. The molecule has 5 aromatic carbocycles. The first-order valence-corrected chi connectivity index (χ1v) is 17.9. The van der Waals surface area contributed by atoms with Gasteiger partial charge in [-0.05, 0) is 131 Å². The number of azo groups is 1. The van der Waals surface area contributed by atoms with Gasteiger partial charge in [-0.3, -0.25) is 0 Å². The van der Waals surface area contributed by atoms with Gasteiger partial charge in [0.05, 0.1) is 30.2 Å². The molecule has 266 valence electrons. The normalized spacial score (nSPS) is 14.9. The molecule has 1 heterocycles. The summed E-state index contributed by atoms with van der Waals surface area (Å²) >= 11 is 0. The van der Waals surface area contributed by atoms with Crippen molar-refractivity contribution in [2.45, 2.75) is 64.3 Å². The summed E-state index contributed by atoms with van der Waals surface area (Å²) < 4.78 is 16.4. The first-order valence-electron chi connectivity index (χ1n) is 17.9. The van der Waals surface area contributed by atoms with E-state index in [9.17, 15) is 9.59 Å². The van der Waals surface area contributed by atoms with Gasteiger partial charge in [-0.1, -0.05) is 54.6 Å². The number of carbonyl (C=O) groups is 2. The Morgan fingerprint density at radius 1 is 0.827 bits per heavy atom. The molecule has 52 heavy (non-hydrogen) atoms. The molecule has 0 spiro atoms. The minimum Gasteiger partial charge on any atom is -0.494 e. The van der Waals surface area contributed by atoms with Crippen LogP contribution in [0.2, 0.25) is 0 Å². The maximum absolute atomic E-state index is 12.8. The third-order valence-corrected chi connectivity index (χ3v) is 9.34. The number of carbonyl (C=O) groups excluding carboxylic acids is 2. The van der Waals surface area contributed by atoms with Crippen LogP contribution < -0.4 is 14.8 Å². The van der Waals surface area contributed by atoms with Crippen LogP contribution in [-0.4, -0.2) is 30.7 Å². The lowest BCUT2D eigenvalue weighted by Gasteiger charge is -2.37. The summed E-state index contributed by atoms with van der Waals surface area (Å²) in [5.41, 5.74) is 6.82. The van der Waals surface area contributed by atoms with Crippen LogP contribution >= 0.6 is 0 Å². The Balaban J connectivity index is 0.966. The lowest BCUT2D eigenvalue weighted by molar-refractivity contribution is -0.137. The van der Waals surface area contributed by atoms with Crippen molar-refractivity contribution >= 4 is 39.8 Å². The van der Waals surface area contributed by atoms with E-state index >= 15 is 0 Å². The van der Waals surface area contributed by atoms with Crippen LogP contribution in [0.3, 0.4) is 0 Å². The molecule has 8 nitrogen and oxygen atoms in total. The van der Waals surface area contributed by atoms with Crippen molar-refractivity contribution in [3.05, 3.63) is 138 Å². The molecule has 0 bridgehead atoms. The van der Waals surface area contributed by atoms with Gasteiger partial charge < -0.3 is 19.5 Å². The fourth-order valence-corrected chi connectivity index (χ4v) is 6.44. The summed E-state index contributed by atoms with van der Waals surface area (Å²) in [5, 5.41) is 15.2. The number of aryl methyl sites for hydroxylation is 2. The second kappa shape index (κ2) is 17.0. The smallest absolute Gasteiger partial charge is 0.343 e. The zero-order chi connectivity index (χ0) is 36.3. The molecule has 5 aromatic rings. The van der Waals surface area contributed by atoms with E-state index < -0.39 is 5.97 Å². The Morgan fingerprint density at radius 3 is 2.31 bits per heavy atom. The maximum Gasteiger partial charge on any atom is 0.343 e. The molecule has 1 aliphatic heterocycles. The SMILES string of the molecule is C=CC(=O)OCCCCCCOc1ccc(C(=O)Oc2ccc(CCC3(C)Cc4ccc(N=Nc5ccc(C)cc5)c5cccc(c45)N3)cc2)cc1. The van der Waals surface area contributed by atoms with Crippen LogP contribution in [-0.2, 0) is 22.4 Å². The highest BCUT2D eigenvalue weighted by Gasteiger charge is 2.30. The molecule has 8 heteroatoms. The molecular weight excluding hydrogens is 650 g/mol. The zero-order valence-corrected chi connectivity index (χ0v) is 29.9. The van der Waals surface area contributed by atoms with Gasteiger partial charge in [0.2, 0.25) is 0 Å². The third kappa shape index (κ3) is 9.51. The lowest BCUT2D eigenvalue weighted by Crippen LogP contribution is -2.40. The monoisotopic (exact) mass is 695 g/mol. The molecule has 0 aliphatic carbocycles. The largest absolute Gasteiger partial charge is 0.494 e. The van der Waals surface area contributed by atoms with Gasteiger partial charge in [0.15, 0.2) is 0 Å². The number of nitrogens with zero attached hydrogens (tertiary/aromatic N) is 2. The van der Waals surface area contributed by atoms with Crippen molar-refractivity contribution in [1.29, 1.82) is 0 Å². The Kier molecular flexibility index (Phi) is 11.8. The zero-order valence-electron chi connectivity index (χ0n) is 29.9. The third-order valence-electron chi connectivity index (χ3n) is 9.34. The van der Waals surface area contributed by atoms with Crippen LogP contribution in [0.4, 0.5) is 17.1 Å².